The molecule has 0 bridgehead atoms. The Morgan fingerprint density at radius 3 is 2.28 bits per heavy atom. The van der Waals surface area contributed by atoms with E-state index >= 15 is 0 Å². The molecule has 1 aromatic heterocycles. The molecule has 0 aliphatic carbocycles. The topological polar surface area (TPSA) is 96.3 Å². The summed E-state index contributed by atoms with van der Waals surface area (Å²) in [7, 11) is 0. The van der Waals surface area contributed by atoms with Crippen LogP contribution >= 0.6 is 11.6 Å². The molecule has 3 N–H and O–H groups in total. The predicted molar refractivity (Wildman–Crippen MR) is 96.6 cm³/mol. The molecule has 0 unspecified atom stereocenters. The minimum atomic E-state index is -4.92. The third-order valence-electron chi connectivity index (χ3n) is 3.77. The highest BCUT2D eigenvalue weighted by Gasteiger charge is 2.40. The van der Waals surface area contributed by atoms with Gasteiger partial charge in [-0.2, -0.15) is 18.3 Å². The van der Waals surface area contributed by atoms with Gasteiger partial charge < -0.3 is 5.11 Å². The van der Waals surface area contributed by atoms with Crippen molar-refractivity contribution in [1.29, 1.82) is 0 Å². The Labute approximate surface area is 166 Å². The lowest BCUT2D eigenvalue weighted by Crippen LogP contribution is -2.42. The molecule has 11 heteroatoms. The van der Waals surface area contributed by atoms with E-state index in [-0.39, 0.29) is 22.0 Å². The Balaban J connectivity index is 1.87. The molecule has 0 fully saturated rings. The maximum atomic E-state index is 13.6. The largest absolute Gasteiger partial charge is 0.507 e. The third kappa shape index (κ3) is 4.32. The maximum Gasteiger partial charge on any atom is 0.434 e. The van der Waals surface area contributed by atoms with Gasteiger partial charge in [0.2, 0.25) is 0 Å². The number of phenols is 1. The summed E-state index contributed by atoms with van der Waals surface area (Å²) in [4.78, 5) is 24.3. The van der Waals surface area contributed by atoms with Crippen molar-refractivity contribution < 1.29 is 27.9 Å². The highest BCUT2D eigenvalue weighted by atomic mass is 35.5. The number of rotatable bonds is 3. The van der Waals surface area contributed by atoms with Crippen LogP contribution in [-0.4, -0.2) is 26.7 Å². The van der Waals surface area contributed by atoms with E-state index in [9.17, 15) is 27.9 Å². The van der Waals surface area contributed by atoms with Crippen molar-refractivity contribution in [1.82, 2.24) is 20.6 Å². The molecule has 150 valence electrons. The molecule has 1 heterocycles. The zero-order valence-electron chi connectivity index (χ0n) is 14.4. The fraction of sp³-hybridized carbons (Fsp3) is 0.0556. The molecule has 0 saturated heterocycles. The van der Waals surface area contributed by atoms with Crippen molar-refractivity contribution in [3.05, 3.63) is 76.6 Å². The smallest absolute Gasteiger partial charge is 0.434 e. The van der Waals surface area contributed by atoms with E-state index in [1.807, 2.05) is 10.9 Å². The van der Waals surface area contributed by atoms with E-state index in [1.54, 1.807) is 0 Å². The zero-order chi connectivity index (χ0) is 21.2. The Kier molecular flexibility index (Phi) is 5.46. The van der Waals surface area contributed by atoms with E-state index in [1.165, 1.54) is 48.5 Å². The van der Waals surface area contributed by atoms with Crippen LogP contribution in [0.1, 0.15) is 26.4 Å². The molecule has 29 heavy (non-hydrogen) atoms. The first-order valence-electron chi connectivity index (χ1n) is 7.98. The summed E-state index contributed by atoms with van der Waals surface area (Å²) in [6.45, 7) is 0. The average molecular weight is 425 g/mol. The van der Waals surface area contributed by atoms with Gasteiger partial charge in [-0.3, -0.25) is 20.4 Å². The van der Waals surface area contributed by atoms with Crippen LogP contribution in [0, 0.1) is 0 Å². The Bertz CT molecular complexity index is 1080. The number of carbonyl (C=O) groups is 2. The lowest BCUT2D eigenvalue weighted by Gasteiger charge is -2.13. The van der Waals surface area contributed by atoms with Crippen LogP contribution in [0.2, 0.25) is 5.02 Å². The van der Waals surface area contributed by atoms with Crippen molar-refractivity contribution in [2.24, 2.45) is 0 Å². The second-order valence-electron chi connectivity index (χ2n) is 5.72. The van der Waals surface area contributed by atoms with Crippen molar-refractivity contribution >= 4 is 23.4 Å². The molecule has 0 atom stereocenters. The number of para-hydroxylation sites is 1. The second kappa shape index (κ2) is 7.84. The molecular weight excluding hydrogens is 413 g/mol. The number of amides is 2. The second-order valence-corrected chi connectivity index (χ2v) is 6.16. The van der Waals surface area contributed by atoms with E-state index in [0.29, 0.717) is 4.68 Å². The molecule has 0 radical (unpaired) electrons. The summed E-state index contributed by atoms with van der Waals surface area (Å²) in [6.07, 6.45) is -4.20. The Morgan fingerprint density at radius 1 is 1.00 bits per heavy atom. The quantitative estimate of drug-likeness (QED) is 0.562. The number of hydrogen-bond donors (Lipinski definition) is 3. The first kappa shape index (κ1) is 20.2. The monoisotopic (exact) mass is 424 g/mol. The highest BCUT2D eigenvalue weighted by Crippen LogP contribution is 2.34. The van der Waals surface area contributed by atoms with Crippen LogP contribution in [-0.2, 0) is 6.18 Å². The summed E-state index contributed by atoms with van der Waals surface area (Å²) >= 11 is 5.82. The van der Waals surface area contributed by atoms with Crippen LogP contribution in [0.5, 0.6) is 5.75 Å². The molecule has 0 saturated carbocycles. The van der Waals surface area contributed by atoms with Gasteiger partial charge in [0.1, 0.15) is 5.75 Å². The minimum absolute atomic E-state index is 0.00196. The predicted octanol–water partition coefficient (Wildman–Crippen LogP) is 3.32. The average Bonchev–Trinajstić information content (AvgIpc) is 3.12. The first-order chi connectivity index (χ1) is 13.7. The van der Waals surface area contributed by atoms with E-state index < -0.39 is 29.2 Å². The standard InChI is InChI=1S/C18H12ClF3N4O3/c19-10-4-3-5-11(8-10)26-15(18(20,21)22)13(9-23-26)17(29)25-24-16(28)12-6-1-2-7-14(12)27/h1-9,27H,(H,24,28)(H,25,29). The third-order valence-corrected chi connectivity index (χ3v) is 4.01. The fourth-order valence-electron chi connectivity index (χ4n) is 2.50. The van der Waals surface area contributed by atoms with Crippen molar-refractivity contribution in [3.8, 4) is 11.4 Å². The van der Waals surface area contributed by atoms with Crippen molar-refractivity contribution in [2.75, 3.05) is 0 Å². The molecule has 0 aliphatic heterocycles. The van der Waals surface area contributed by atoms with E-state index in [2.05, 4.69) is 5.10 Å². The Morgan fingerprint density at radius 2 is 1.66 bits per heavy atom. The number of alkyl halides is 3. The molecule has 0 spiro atoms. The van der Waals surface area contributed by atoms with Gasteiger partial charge in [0.25, 0.3) is 11.8 Å². The number of hydrazine groups is 1. The van der Waals surface area contributed by atoms with E-state index in [4.69, 9.17) is 11.6 Å². The van der Waals surface area contributed by atoms with Gasteiger partial charge >= 0.3 is 6.18 Å². The van der Waals surface area contributed by atoms with Crippen LogP contribution in [0.25, 0.3) is 5.69 Å². The van der Waals surface area contributed by atoms with Gasteiger partial charge in [-0.25, -0.2) is 4.68 Å². The van der Waals surface area contributed by atoms with Gasteiger partial charge in [0.05, 0.1) is 23.0 Å². The number of nitrogens with one attached hydrogen (secondary N) is 2. The Hall–Kier alpha value is -3.53. The van der Waals surface area contributed by atoms with Crippen LogP contribution in [0.15, 0.2) is 54.7 Å². The molecule has 7 nitrogen and oxygen atoms in total. The summed E-state index contributed by atoms with van der Waals surface area (Å²) in [6, 6.07) is 11.0. The molecule has 3 rings (SSSR count). The number of hydrogen-bond acceptors (Lipinski definition) is 4. The molecule has 0 aliphatic rings. The van der Waals surface area contributed by atoms with Crippen LogP contribution < -0.4 is 10.9 Å². The first-order valence-corrected chi connectivity index (χ1v) is 8.36. The summed E-state index contributed by atoms with van der Waals surface area (Å²) < 4.78 is 41.4. The van der Waals surface area contributed by atoms with Gasteiger partial charge in [0, 0.05) is 5.02 Å². The number of benzene rings is 2. The zero-order valence-corrected chi connectivity index (χ0v) is 15.1. The maximum absolute atomic E-state index is 13.6. The van der Waals surface area contributed by atoms with Crippen LogP contribution in [0.3, 0.4) is 0 Å². The SMILES string of the molecule is O=C(NNC(=O)c1cnn(-c2cccc(Cl)c2)c1C(F)(F)F)c1ccccc1O. The van der Waals surface area contributed by atoms with Gasteiger partial charge in [0.15, 0.2) is 5.69 Å². The van der Waals surface area contributed by atoms with Crippen LogP contribution in [0.4, 0.5) is 13.2 Å². The normalized spacial score (nSPS) is 11.2. The van der Waals surface area contributed by atoms with Gasteiger partial charge in [-0.15, -0.1) is 0 Å². The molecular formula is C18H12ClF3N4O3. The van der Waals surface area contributed by atoms with E-state index in [0.717, 1.165) is 6.20 Å². The molecule has 3 aromatic rings. The minimum Gasteiger partial charge on any atom is -0.507 e. The lowest BCUT2D eigenvalue weighted by atomic mass is 10.2. The summed E-state index contributed by atoms with van der Waals surface area (Å²) in [5.41, 5.74) is 1.52. The number of nitrogens with zero attached hydrogens (tertiary/aromatic N) is 2. The van der Waals surface area contributed by atoms with Crippen molar-refractivity contribution in [3.63, 3.8) is 0 Å². The number of halogens is 4. The highest BCUT2D eigenvalue weighted by molar-refractivity contribution is 6.30. The van der Waals surface area contributed by atoms with Gasteiger partial charge in [-0.05, 0) is 30.3 Å². The summed E-state index contributed by atoms with van der Waals surface area (Å²) in [5, 5.41) is 13.4. The lowest BCUT2D eigenvalue weighted by molar-refractivity contribution is -0.143. The number of phenolic OH excluding ortho intramolecular Hbond substituents is 1. The number of carbonyl (C=O) groups excluding carboxylic acids is 2. The van der Waals surface area contributed by atoms with Crippen molar-refractivity contribution in [2.45, 2.75) is 6.18 Å². The number of aromatic hydroxyl groups is 1. The van der Waals surface area contributed by atoms with Gasteiger partial charge in [-0.1, -0.05) is 29.8 Å². The molecule has 2 aromatic carbocycles. The fourth-order valence-corrected chi connectivity index (χ4v) is 2.69. The molecule has 2 amide bonds. The summed E-state index contributed by atoms with van der Waals surface area (Å²) in [5.74, 6) is -2.51. The number of aromatic nitrogens is 2.